The van der Waals surface area contributed by atoms with Gasteiger partial charge >= 0.3 is 11.9 Å². The summed E-state index contributed by atoms with van der Waals surface area (Å²) in [6, 6.07) is 7.32. The topological polar surface area (TPSA) is 79.3 Å². The highest BCUT2D eigenvalue weighted by Gasteiger charge is 2.13. The Morgan fingerprint density at radius 1 is 1.33 bits per heavy atom. The van der Waals surface area contributed by atoms with E-state index in [9.17, 15) is 9.59 Å². The zero-order valence-electron chi connectivity index (χ0n) is 7.43. The monoisotopic (exact) mass is 222 g/mol. The number of fused-ring (bicyclic) bond motifs is 1. The van der Waals surface area contributed by atoms with Crippen LogP contribution in [0.25, 0.3) is 10.2 Å². The van der Waals surface area contributed by atoms with Crippen molar-refractivity contribution in [2.24, 2.45) is 0 Å². The van der Waals surface area contributed by atoms with Crippen molar-refractivity contribution < 1.29 is 14.7 Å². The molecule has 15 heavy (non-hydrogen) atoms. The smallest absolute Gasteiger partial charge is 0.394 e. The van der Waals surface area contributed by atoms with Crippen LogP contribution in [0.4, 0.5) is 5.13 Å². The minimum Gasteiger partial charge on any atom is -0.474 e. The summed E-state index contributed by atoms with van der Waals surface area (Å²) in [6.45, 7) is 0. The van der Waals surface area contributed by atoms with E-state index in [-0.39, 0.29) is 0 Å². The number of aromatic nitrogens is 1. The van der Waals surface area contributed by atoms with E-state index in [1.165, 1.54) is 11.3 Å². The summed E-state index contributed by atoms with van der Waals surface area (Å²) < 4.78 is 0.901. The van der Waals surface area contributed by atoms with E-state index in [1.54, 1.807) is 6.07 Å². The lowest BCUT2D eigenvalue weighted by atomic mass is 10.3. The summed E-state index contributed by atoms with van der Waals surface area (Å²) in [4.78, 5) is 25.2. The predicted molar refractivity (Wildman–Crippen MR) is 55.9 cm³/mol. The maximum atomic E-state index is 10.8. The third-order valence-electron chi connectivity index (χ3n) is 1.71. The van der Waals surface area contributed by atoms with Crippen molar-refractivity contribution in [3.8, 4) is 0 Å². The van der Waals surface area contributed by atoms with Gasteiger partial charge in [0.2, 0.25) is 0 Å². The molecule has 76 valence electrons. The van der Waals surface area contributed by atoms with Crippen LogP contribution in [0, 0.1) is 0 Å². The minimum absolute atomic E-state index is 0.295. The Kier molecular flexibility index (Phi) is 2.34. The fraction of sp³-hybridized carbons (Fsp3) is 0. The molecule has 0 aliphatic carbocycles. The molecule has 0 unspecified atom stereocenters. The Labute approximate surface area is 88.4 Å². The van der Waals surface area contributed by atoms with Gasteiger partial charge < -0.3 is 5.11 Å². The number of carboxylic acids is 1. The van der Waals surface area contributed by atoms with Gasteiger partial charge in [-0.1, -0.05) is 23.5 Å². The zero-order chi connectivity index (χ0) is 10.8. The first-order chi connectivity index (χ1) is 7.16. The number of nitrogens with zero attached hydrogens (tertiary/aromatic N) is 1. The number of carbonyl (C=O) groups is 2. The molecule has 1 aromatic carbocycles. The van der Waals surface area contributed by atoms with Gasteiger partial charge in [-0.2, -0.15) is 0 Å². The highest BCUT2D eigenvalue weighted by atomic mass is 32.1. The number of aliphatic carboxylic acids is 1. The molecule has 0 radical (unpaired) electrons. The molecule has 0 saturated heterocycles. The van der Waals surface area contributed by atoms with Gasteiger partial charge in [0.25, 0.3) is 0 Å². The Bertz CT molecular complexity index is 502. The van der Waals surface area contributed by atoms with Crippen LogP contribution in [-0.2, 0) is 9.59 Å². The summed E-state index contributed by atoms with van der Waals surface area (Å²) in [6.07, 6.45) is 0. The van der Waals surface area contributed by atoms with E-state index in [0.29, 0.717) is 5.13 Å². The van der Waals surface area contributed by atoms with Crippen LogP contribution >= 0.6 is 11.3 Å². The first kappa shape index (κ1) is 9.60. The molecule has 2 N–H and O–H groups in total. The van der Waals surface area contributed by atoms with Crippen molar-refractivity contribution in [2.45, 2.75) is 0 Å². The van der Waals surface area contributed by atoms with Gasteiger partial charge in [-0.05, 0) is 12.1 Å². The van der Waals surface area contributed by atoms with Crippen LogP contribution in [0.5, 0.6) is 0 Å². The molecule has 1 aromatic heterocycles. The Hall–Kier alpha value is -1.95. The molecule has 0 bridgehead atoms. The minimum atomic E-state index is -1.52. The molecule has 6 heteroatoms. The first-order valence-electron chi connectivity index (χ1n) is 4.06. The second-order valence-corrected chi connectivity index (χ2v) is 3.78. The molecule has 2 aromatic rings. The number of rotatable bonds is 1. The molecular formula is C9H6N2O3S. The normalized spacial score (nSPS) is 10.1. The van der Waals surface area contributed by atoms with E-state index in [1.807, 2.05) is 18.2 Å². The van der Waals surface area contributed by atoms with Gasteiger partial charge in [0.05, 0.1) is 10.2 Å². The van der Waals surface area contributed by atoms with Gasteiger partial charge in [0.15, 0.2) is 5.13 Å². The summed E-state index contributed by atoms with van der Waals surface area (Å²) in [7, 11) is 0. The molecular weight excluding hydrogens is 216 g/mol. The molecule has 2 rings (SSSR count). The second kappa shape index (κ2) is 3.66. The molecule has 0 aliphatic rings. The fourth-order valence-electron chi connectivity index (χ4n) is 1.08. The molecule has 1 amide bonds. The van der Waals surface area contributed by atoms with Crippen molar-refractivity contribution >= 4 is 38.6 Å². The molecule has 0 fully saturated rings. The number of thiazole rings is 1. The fourth-order valence-corrected chi connectivity index (χ4v) is 1.94. The van der Waals surface area contributed by atoms with Crippen LogP contribution in [0.15, 0.2) is 24.3 Å². The van der Waals surface area contributed by atoms with Crippen molar-refractivity contribution in [1.29, 1.82) is 0 Å². The standard InChI is InChI=1S/C9H6N2O3S/c12-7(8(13)14)11-9-10-5-3-1-2-4-6(5)15-9/h1-4H,(H,13,14)(H,10,11,12). The van der Waals surface area contributed by atoms with Crippen molar-refractivity contribution in [3.05, 3.63) is 24.3 Å². The van der Waals surface area contributed by atoms with E-state index in [2.05, 4.69) is 10.3 Å². The largest absolute Gasteiger partial charge is 0.474 e. The maximum absolute atomic E-state index is 10.8. The van der Waals surface area contributed by atoms with Crippen LogP contribution < -0.4 is 5.32 Å². The first-order valence-corrected chi connectivity index (χ1v) is 4.88. The van der Waals surface area contributed by atoms with Gasteiger partial charge in [0, 0.05) is 0 Å². The van der Waals surface area contributed by atoms with Crippen LogP contribution in [0.3, 0.4) is 0 Å². The van der Waals surface area contributed by atoms with Gasteiger partial charge in [-0.3, -0.25) is 10.1 Å². The lowest BCUT2D eigenvalue weighted by Crippen LogP contribution is -2.21. The second-order valence-electron chi connectivity index (χ2n) is 2.75. The van der Waals surface area contributed by atoms with Crippen LogP contribution in [0.1, 0.15) is 0 Å². The quantitative estimate of drug-likeness (QED) is 0.713. The lowest BCUT2D eigenvalue weighted by Gasteiger charge is -1.93. The predicted octanol–water partition coefficient (Wildman–Crippen LogP) is 1.32. The Morgan fingerprint density at radius 2 is 2.07 bits per heavy atom. The summed E-state index contributed by atoms with van der Waals surface area (Å²) in [5.41, 5.74) is 0.739. The molecule has 0 spiro atoms. The number of carbonyl (C=O) groups excluding carboxylic acids is 1. The number of hydrogen-bond acceptors (Lipinski definition) is 4. The number of hydrogen-bond donors (Lipinski definition) is 2. The molecule has 0 atom stereocenters. The summed E-state index contributed by atoms with van der Waals surface area (Å²) in [5, 5.41) is 10.9. The summed E-state index contributed by atoms with van der Waals surface area (Å²) >= 11 is 1.24. The van der Waals surface area contributed by atoms with E-state index < -0.39 is 11.9 Å². The molecule has 5 nitrogen and oxygen atoms in total. The molecule has 0 aliphatic heterocycles. The van der Waals surface area contributed by atoms with Crippen LogP contribution in [-0.4, -0.2) is 22.0 Å². The number of carboxylic acid groups (broad SMARTS) is 1. The average molecular weight is 222 g/mol. The third-order valence-corrected chi connectivity index (χ3v) is 2.66. The average Bonchev–Trinajstić information content (AvgIpc) is 2.59. The van der Waals surface area contributed by atoms with E-state index >= 15 is 0 Å². The van der Waals surface area contributed by atoms with Crippen molar-refractivity contribution in [2.75, 3.05) is 5.32 Å². The highest BCUT2D eigenvalue weighted by Crippen LogP contribution is 2.25. The summed E-state index contributed by atoms with van der Waals surface area (Å²) in [5.74, 6) is -2.59. The van der Waals surface area contributed by atoms with E-state index in [0.717, 1.165) is 10.2 Å². The number of nitrogens with one attached hydrogen (secondary N) is 1. The van der Waals surface area contributed by atoms with Gasteiger partial charge in [0.1, 0.15) is 0 Å². The number of amides is 1. The zero-order valence-corrected chi connectivity index (χ0v) is 8.25. The highest BCUT2D eigenvalue weighted by molar-refractivity contribution is 7.22. The molecule has 1 heterocycles. The third kappa shape index (κ3) is 1.94. The van der Waals surface area contributed by atoms with Gasteiger partial charge in [-0.15, -0.1) is 0 Å². The molecule has 0 saturated carbocycles. The lowest BCUT2D eigenvalue weighted by molar-refractivity contribution is -0.147. The van der Waals surface area contributed by atoms with E-state index in [4.69, 9.17) is 5.11 Å². The SMILES string of the molecule is O=C(O)C(=O)Nc1nc2ccccc2s1. The maximum Gasteiger partial charge on any atom is 0.394 e. The number of anilines is 1. The Balaban J connectivity index is 2.30. The Morgan fingerprint density at radius 3 is 2.73 bits per heavy atom. The van der Waals surface area contributed by atoms with Crippen molar-refractivity contribution in [3.63, 3.8) is 0 Å². The number of benzene rings is 1. The van der Waals surface area contributed by atoms with Crippen molar-refractivity contribution in [1.82, 2.24) is 4.98 Å². The van der Waals surface area contributed by atoms with Gasteiger partial charge in [-0.25, -0.2) is 9.78 Å². The number of para-hydroxylation sites is 1. The van der Waals surface area contributed by atoms with Crippen LogP contribution in [0.2, 0.25) is 0 Å².